The van der Waals surface area contributed by atoms with Crippen molar-refractivity contribution in [3.63, 3.8) is 0 Å². The normalized spacial score (nSPS) is 13.8. The number of benzene rings is 4. The van der Waals surface area contributed by atoms with Gasteiger partial charge in [-0.2, -0.15) is 4.98 Å². The molecule has 4 amide bonds. The summed E-state index contributed by atoms with van der Waals surface area (Å²) in [5.41, 5.74) is 10.1. The van der Waals surface area contributed by atoms with E-state index in [1.807, 2.05) is 69.1 Å². The number of carbonyl (C=O) groups excluding carboxylic acids is 3. The summed E-state index contributed by atoms with van der Waals surface area (Å²) in [6, 6.07) is 21.4. The lowest BCUT2D eigenvalue weighted by atomic mass is 9.95. The number of nitrogens with one attached hydrogen (secondary N) is 3. The van der Waals surface area contributed by atoms with E-state index in [1.165, 1.54) is 6.07 Å². The van der Waals surface area contributed by atoms with Crippen molar-refractivity contribution >= 4 is 63.9 Å². The van der Waals surface area contributed by atoms with Crippen LogP contribution in [-0.4, -0.2) is 90.8 Å². The number of amides is 4. The molecule has 1 aromatic heterocycles. The minimum atomic E-state index is -0.928. The van der Waals surface area contributed by atoms with Crippen LogP contribution in [0, 0.1) is 11.3 Å². The second kappa shape index (κ2) is 18.6. The number of amidine groups is 1. The first-order valence-corrected chi connectivity index (χ1v) is 20.8. The molecule has 5 aromatic rings. The highest BCUT2D eigenvalue weighted by atomic mass is 16.5. The third-order valence-electron chi connectivity index (χ3n) is 11.1. The molecule has 0 aliphatic carbocycles. The molecule has 3 heterocycles. The van der Waals surface area contributed by atoms with Crippen LogP contribution in [-0.2, 0) is 4.79 Å². The van der Waals surface area contributed by atoms with Crippen LogP contribution in [0.1, 0.15) is 61.0 Å². The number of primary amides is 1. The topological polar surface area (TPSA) is 223 Å². The fourth-order valence-electron chi connectivity index (χ4n) is 7.79. The fourth-order valence-corrected chi connectivity index (χ4v) is 7.79. The molecule has 0 saturated carbocycles. The van der Waals surface area contributed by atoms with Crippen LogP contribution in [0.3, 0.4) is 0 Å². The van der Waals surface area contributed by atoms with Gasteiger partial charge in [0, 0.05) is 62.7 Å². The quantitative estimate of drug-likeness (QED) is 0.0407. The summed E-state index contributed by atoms with van der Waals surface area (Å²) in [6.45, 7) is 7.91. The Kier molecular flexibility index (Phi) is 12.8. The van der Waals surface area contributed by atoms with Crippen LogP contribution in [0.15, 0.2) is 85.1 Å². The van der Waals surface area contributed by atoms with Crippen molar-refractivity contribution in [1.29, 1.82) is 5.41 Å². The number of carbonyl (C=O) groups is 3. The maximum absolute atomic E-state index is 13.2. The van der Waals surface area contributed by atoms with Crippen molar-refractivity contribution in [1.82, 2.24) is 15.3 Å². The van der Waals surface area contributed by atoms with Crippen molar-refractivity contribution in [3.8, 4) is 23.0 Å². The van der Waals surface area contributed by atoms with Crippen LogP contribution in [0.4, 0.5) is 45.0 Å². The standard InChI is InChI=1S/C46H52N10O7/c1-6-62-33-22-29(51-46-50-26-38-42(52-46)53(4)37-10-8-7-9-34(37)44(60)54(38)5)21-31(23-33)55-18-15-28(16-19-55)43(59)49-17-20-63-32-13-11-30(12-14-32)56(45(48)61)41(47)36-24-35(27(2)3)39(57)25-40(36)58/h7-14,21-28,47,57-58H,6,15-20H2,1-5H3,(H2,48,61)(H,49,59)(H,50,51,52). The number of nitrogens with zero attached hydrogens (tertiary/aromatic N) is 6. The van der Waals surface area contributed by atoms with E-state index in [0.29, 0.717) is 72.6 Å². The number of hydrogen-bond donors (Lipinski definition) is 6. The van der Waals surface area contributed by atoms with Gasteiger partial charge >= 0.3 is 6.03 Å². The van der Waals surface area contributed by atoms with Gasteiger partial charge in [-0.25, -0.2) is 14.7 Å². The zero-order valence-electron chi connectivity index (χ0n) is 35.9. The molecular weight excluding hydrogens is 805 g/mol. The summed E-state index contributed by atoms with van der Waals surface area (Å²) in [6.07, 6.45) is 2.94. The molecule has 0 bridgehead atoms. The Balaban J connectivity index is 0.925. The summed E-state index contributed by atoms with van der Waals surface area (Å²) in [5, 5.41) is 35.7. The number of para-hydroxylation sites is 1. The van der Waals surface area contributed by atoms with E-state index >= 15 is 0 Å². The number of hydrogen-bond acceptors (Lipinski definition) is 13. The number of anilines is 7. The number of phenolic OH excluding ortho intramolecular Hbond substituents is 2. The van der Waals surface area contributed by atoms with E-state index in [4.69, 9.17) is 25.6 Å². The van der Waals surface area contributed by atoms with Gasteiger partial charge in [0.05, 0.1) is 41.9 Å². The average molecular weight is 857 g/mol. The van der Waals surface area contributed by atoms with Gasteiger partial charge in [0.1, 0.15) is 41.1 Å². The van der Waals surface area contributed by atoms with Gasteiger partial charge in [-0.3, -0.25) is 15.0 Å². The van der Waals surface area contributed by atoms with E-state index in [-0.39, 0.29) is 65.4 Å². The maximum Gasteiger partial charge on any atom is 0.325 e. The summed E-state index contributed by atoms with van der Waals surface area (Å²) >= 11 is 0. The van der Waals surface area contributed by atoms with Gasteiger partial charge in [-0.1, -0.05) is 26.0 Å². The van der Waals surface area contributed by atoms with Crippen LogP contribution in [0.2, 0.25) is 0 Å². The largest absolute Gasteiger partial charge is 0.508 e. The molecule has 1 saturated heterocycles. The highest BCUT2D eigenvalue weighted by Crippen LogP contribution is 2.39. The predicted octanol–water partition coefficient (Wildman–Crippen LogP) is 6.83. The minimum Gasteiger partial charge on any atom is -0.508 e. The van der Waals surface area contributed by atoms with E-state index in [2.05, 4.69) is 20.5 Å². The zero-order valence-corrected chi connectivity index (χ0v) is 35.9. The molecular formula is C46H52N10O7. The number of rotatable bonds is 13. The first kappa shape index (κ1) is 43.5. The summed E-state index contributed by atoms with van der Waals surface area (Å²) in [5.74, 6) is 0.808. The number of urea groups is 1. The third-order valence-corrected chi connectivity index (χ3v) is 11.1. The number of nitrogens with two attached hydrogens (primary N) is 1. The highest BCUT2D eigenvalue weighted by Gasteiger charge is 2.30. The van der Waals surface area contributed by atoms with Gasteiger partial charge in [0.25, 0.3) is 5.91 Å². The van der Waals surface area contributed by atoms with Gasteiger partial charge in [0.15, 0.2) is 5.82 Å². The number of fused-ring (bicyclic) bond motifs is 2. The van der Waals surface area contributed by atoms with E-state index in [9.17, 15) is 24.6 Å². The molecule has 63 heavy (non-hydrogen) atoms. The summed E-state index contributed by atoms with van der Waals surface area (Å²) in [7, 11) is 3.59. The molecule has 0 atom stereocenters. The van der Waals surface area contributed by atoms with Crippen LogP contribution < -0.4 is 45.4 Å². The monoisotopic (exact) mass is 856 g/mol. The Morgan fingerprint density at radius 1 is 0.937 bits per heavy atom. The number of piperidine rings is 1. The summed E-state index contributed by atoms with van der Waals surface area (Å²) < 4.78 is 11.8. The van der Waals surface area contributed by atoms with Crippen molar-refractivity contribution in [2.24, 2.45) is 11.7 Å². The minimum absolute atomic E-state index is 0.0396. The zero-order chi connectivity index (χ0) is 44.9. The van der Waals surface area contributed by atoms with Gasteiger partial charge in [0.2, 0.25) is 11.9 Å². The molecule has 0 radical (unpaired) electrons. The number of ether oxygens (including phenoxy) is 2. The lowest BCUT2D eigenvalue weighted by molar-refractivity contribution is -0.125. The van der Waals surface area contributed by atoms with Crippen LogP contribution >= 0.6 is 0 Å². The average Bonchev–Trinajstić information content (AvgIpc) is 3.34. The van der Waals surface area contributed by atoms with Crippen molar-refractivity contribution in [2.75, 3.05) is 71.9 Å². The Labute approximate surface area is 365 Å². The van der Waals surface area contributed by atoms with E-state index < -0.39 is 6.03 Å². The molecule has 0 spiro atoms. The molecule has 2 aliphatic heterocycles. The number of phenols is 2. The Morgan fingerprint density at radius 2 is 1.67 bits per heavy atom. The Morgan fingerprint density at radius 3 is 2.37 bits per heavy atom. The van der Waals surface area contributed by atoms with Gasteiger partial charge in [-0.15, -0.1) is 0 Å². The first-order valence-electron chi connectivity index (χ1n) is 20.8. The highest BCUT2D eigenvalue weighted by molar-refractivity contribution is 6.22. The van der Waals surface area contributed by atoms with E-state index in [0.717, 1.165) is 28.0 Å². The smallest absolute Gasteiger partial charge is 0.325 e. The maximum atomic E-state index is 13.2. The first-order chi connectivity index (χ1) is 30.2. The molecule has 17 heteroatoms. The molecule has 0 unspecified atom stereocenters. The van der Waals surface area contributed by atoms with E-state index in [1.54, 1.807) is 48.5 Å². The molecule has 17 nitrogen and oxygen atoms in total. The fraction of sp³-hybridized carbons (Fsp3) is 0.304. The van der Waals surface area contributed by atoms with Crippen LogP contribution in [0.5, 0.6) is 23.0 Å². The molecule has 7 rings (SSSR count). The van der Waals surface area contributed by atoms with Gasteiger partial charge < -0.3 is 50.8 Å². The Bertz CT molecular complexity index is 2520. The van der Waals surface area contributed by atoms with Crippen molar-refractivity contribution in [3.05, 3.63) is 102 Å². The number of aromatic nitrogens is 2. The lowest BCUT2D eigenvalue weighted by Crippen LogP contribution is -2.41. The molecule has 328 valence electrons. The second-order valence-corrected chi connectivity index (χ2v) is 15.6. The van der Waals surface area contributed by atoms with Crippen molar-refractivity contribution < 1.29 is 34.1 Å². The Hall–Kier alpha value is -7.56. The molecule has 2 aliphatic rings. The molecule has 4 aromatic carbocycles. The third kappa shape index (κ3) is 9.36. The van der Waals surface area contributed by atoms with Crippen LogP contribution in [0.25, 0.3) is 0 Å². The lowest BCUT2D eigenvalue weighted by Gasteiger charge is -2.33. The predicted molar refractivity (Wildman–Crippen MR) is 243 cm³/mol. The molecule has 1 fully saturated rings. The number of aromatic hydroxyl groups is 2. The second-order valence-electron chi connectivity index (χ2n) is 15.6. The SMILES string of the molecule is CCOc1cc(Nc2ncc3c(n2)N(C)c2ccccc2C(=O)N3C)cc(N2CCC(C(=O)NCCOc3ccc(N(C(=N)c4cc(C(C)C)c(O)cc4O)C(N)=O)cc3)CC2)c1. The van der Waals surface area contributed by atoms with Crippen molar-refractivity contribution in [2.45, 2.75) is 39.5 Å². The molecule has 7 N–H and O–H groups in total. The summed E-state index contributed by atoms with van der Waals surface area (Å²) in [4.78, 5) is 55.0. The van der Waals surface area contributed by atoms with Gasteiger partial charge in [-0.05, 0) is 79.8 Å².